The van der Waals surface area contributed by atoms with Gasteiger partial charge in [-0.25, -0.2) is 0 Å². The van der Waals surface area contributed by atoms with Crippen molar-refractivity contribution in [2.45, 2.75) is 12.5 Å². The third-order valence-corrected chi connectivity index (χ3v) is 2.18. The zero-order chi connectivity index (χ0) is 10.4. The minimum atomic E-state index is -0.00196. The second-order valence-corrected chi connectivity index (χ2v) is 4.32. The van der Waals surface area contributed by atoms with E-state index in [4.69, 9.17) is 4.74 Å². The third-order valence-electron chi connectivity index (χ3n) is 1.90. The molecule has 1 aliphatic heterocycles. The summed E-state index contributed by atoms with van der Waals surface area (Å²) in [5, 5.41) is 5.81. The molecule has 0 spiro atoms. The van der Waals surface area contributed by atoms with Crippen LogP contribution in [0.2, 0.25) is 0 Å². The molecule has 0 aliphatic carbocycles. The summed E-state index contributed by atoms with van der Waals surface area (Å²) in [6, 6.07) is 0. The van der Waals surface area contributed by atoms with Crippen molar-refractivity contribution in [1.29, 1.82) is 0 Å². The smallest absolute Gasteiger partial charge is 0.222 e. The Hall–Kier alpha value is -0.390. The van der Waals surface area contributed by atoms with E-state index in [1.54, 1.807) is 0 Å². The molecule has 0 aromatic heterocycles. The minimum absolute atomic E-state index is 0.00196. The molecule has 1 amide bonds. The van der Waals surface area contributed by atoms with Crippen LogP contribution in [0.4, 0.5) is 0 Å². The first-order valence-electron chi connectivity index (χ1n) is 4.61. The molecule has 1 fully saturated rings. The first-order chi connectivity index (χ1) is 6.68. The second-order valence-electron chi connectivity index (χ2n) is 3.20. The standard InChI is InChI=1S/C9H15BrN2O2/c1-7(10)4-12-9(13)2-3-14-8-5-11-6-8/h8,11H,1-6H2,(H,12,13). The van der Waals surface area contributed by atoms with E-state index in [9.17, 15) is 4.79 Å². The first-order valence-corrected chi connectivity index (χ1v) is 5.40. The van der Waals surface area contributed by atoms with E-state index in [1.807, 2.05) is 0 Å². The number of carbonyl (C=O) groups is 1. The quantitative estimate of drug-likeness (QED) is 0.729. The second kappa shape index (κ2) is 6.16. The zero-order valence-electron chi connectivity index (χ0n) is 8.01. The summed E-state index contributed by atoms with van der Waals surface area (Å²) in [6.45, 7) is 6.39. The van der Waals surface area contributed by atoms with Gasteiger partial charge in [-0.15, -0.1) is 0 Å². The SMILES string of the molecule is C=C(Br)CNC(=O)CCOC1CNC1. The number of carbonyl (C=O) groups excluding carboxylic acids is 1. The fourth-order valence-electron chi connectivity index (χ4n) is 0.981. The van der Waals surface area contributed by atoms with Gasteiger partial charge in [0.05, 0.1) is 12.7 Å². The molecule has 1 heterocycles. The topological polar surface area (TPSA) is 50.4 Å². The molecule has 14 heavy (non-hydrogen) atoms. The molecule has 0 aromatic carbocycles. The summed E-state index contributed by atoms with van der Waals surface area (Å²) in [6.07, 6.45) is 0.713. The summed E-state index contributed by atoms with van der Waals surface area (Å²) < 4.78 is 6.17. The first kappa shape index (κ1) is 11.7. The molecule has 0 radical (unpaired) electrons. The molecular weight excluding hydrogens is 248 g/mol. The van der Waals surface area contributed by atoms with E-state index in [0.717, 1.165) is 17.6 Å². The summed E-state index contributed by atoms with van der Waals surface area (Å²) in [5.41, 5.74) is 0. The highest BCUT2D eigenvalue weighted by molar-refractivity contribution is 9.11. The summed E-state index contributed by atoms with van der Waals surface area (Å²) in [5.74, 6) is -0.00196. The highest BCUT2D eigenvalue weighted by Gasteiger charge is 2.16. The van der Waals surface area contributed by atoms with Crippen LogP contribution < -0.4 is 10.6 Å². The lowest BCUT2D eigenvalue weighted by atomic mass is 10.2. The average Bonchev–Trinajstić information content (AvgIpc) is 2.06. The predicted molar refractivity (Wildman–Crippen MR) is 58.3 cm³/mol. The van der Waals surface area contributed by atoms with Gasteiger partial charge in [-0.05, 0) is 0 Å². The number of hydrogen-bond donors (Lipinski definition) is 2. The van der Waals surface area contributed by atoms with Crippen molar-refractivity contribution in [2.75, 3.05) is 26.2 Å². The highest BCUT2D eigenvalue weighted by Crippen LogP contribution is 1.99. The van der Waals surface area contributed by atoms with Crippen LogP contribution in [0.25, 0.3) is 0 Å². The Morgan fingerprint density at radius 3 is 2.86 bits per heavy atom. The van der Waals surface area contributed by atoms with Crippen LogP contribution in [-0.2, 0) is 9.53 Å². The predicted octanol–water partition coefficient (Wildman–Crippen LogP) is 0.390. The van der Waals surface area contributed by atoms with Crippen LogP contribution in [0.1, 0.15) is 6.42 Å². The Kier molecular flexibility index (Phi) is 5.14. The van der Waals surface area contributed by atoms with Gasteiger partial charge in [-0.2, -0.15) is 0 Å². The van der Waals surface area contributed by atoms with Gasteiger partial charge >= 0.3 is 0 Å². The van der Waals surface area contributed by atoms with Crippen LogP contribution in [0.5, 0.6) is 0 Å². The summed E-state index contributed by atoms with van der Waals surface area (Å²) in [4.78, 5) is 11.2. The Morgan fingerprint density at radius 1 is 1.64 bits per heavy atom. The normalized spacial score (nSPS) is 16.1. The Balaban J connectivity index is 1.94. The molecule has 0 bridgehead atoms. The van der Waals surface area contributed by atoms with Gasteiger partial charge in [0.2, 0.25) is 5.91 Å². The highest BCUT2D eigenvalue weighted by atomic mass is 79.9. The van der Waals surface area contributed by atoms with Gasteiger partial charge in [0.1, 0.15) is 0 Å². The molecule has 0 atom stereocenters. The van der Waals surface area contributed by atoms with E-state index in [0.29, 0.717) is 25.7 Å². The van der Waals surface area contributed by atoms with Crippen molar-refractivity contribution in [2.24, 2.45) is 0 Å². The molecule has 0 unspecified atom stereocenters. The zero-order valence-corrected chi connectivity index (χ0v) is 9.60. The van der Waals surface area contributed by atoms with Gasteiger partial charge in [-0.1, -0.05) is 22.5 Å². The van der Waals surface area contributed by atoms with Crippen molar-refractivity contribution in [3.05, 3.63) is 11.1 Å². The molecule has 1 aliphatic rings. The van der Waals surface area contributed by atoms with Crippen molar-refractivity contribution >= 4 is 21.8 Å². The Bertz CT molecular complexity index is 217. The third kappa shape index (κ3) is 4.74. The van der Waals surface area contributed by atoms with Crippen molar-refractivity contribution < 1.29 is 9.53 Å². The molecule has 1 saturated heterocycles. The van der Waals surface area contributed by atoms with Gasteiger partial charge in [-0.3, -0.25) is 4.79 Å². The van der Waals surface area contributed by atoms with Gasteiger partial charge in [0.25, 0.3) is 0 Å². The number of amides is 1. The average molecular weight is 263 g/mol. The van der Waals surface area contributed by atoms with E-state index in [2.05, 4.69) is 33.1 Å². The molecule has 4 nitrogen and oxygen atoms in total. The molecule has 0 saturated carbocycles. The van der Waals surface area contributed by atoms with E-state index < -0.39 is 0 Å². The van der Waals surface area contributed by atoms with Crippen LogP contribution in [0.15, 0.2) is 11.1 Å². The summed E-state index contributed by atoms with van der Waals surface area (Å²) in [7, 11) is 0. The van der Waals surface area contributed by atoms with Crippen molar-refractivity contribution in [3.63, 3.8) is 0 Å². The van der Waals surface area contributed by atoms with Crippen LogP contribution in [0, 0.1) is 0 Å². The number of halogens is 1. The van der Waals surface area contributed by atoms with Crippen LogP contribution >= 0.6 is 15.9 Å². The maximum atomic E-state index is 11.2. The van der Waals surface area contributed by atoms with Gasteiger partial charge in [0.15, 0.2) is 0 Å². The number of ether oxygens (including phenoxy) is 1. The maximum absolute atomic E-state index is 11.2. The number of nitrogens with one attached hydrogen (secondary N) is 2. The number of rotatable bonds is 6. The molecule has 2 N–H and O–H groups in total. The lowest BCUT2D eigenvalue weighted by molar-refractivity contribution is -0.122. The fourth-order valence-corrected chi connectivity index (χ4v) is 1.12. The Morgan fingerprint density at radius 2 is 2.36 bits per heavy atom. The van der Waals surface area contributed by atoms with E-state index in [1.165, 1.54) is 0 Å². The van der Waals surface area contributed by atoms with Gasteiger partial charge < -0.3 is 15.4 Å². The van der Waals surface area contributed by atoms with Crippen molar-refractivity contribution in [1.82, 2.24) is 10.6 Å². The van der Waals surface area contributed by atoms with Crippen LogP contribution in [-0.4, -0.2) is 38.3 Å². The Labute approximate surface area is 92.2 Å². The minimum Gasteiger partial charge on any atom is -0.375 e. The molecule has 1 rings (SSSR count). The lowest BCUT2D eigenvalue weighted by Crippen LogP contribution is -2.48. The molecule has 80 valence electrons. The van der Waals surface area contributed by atoms with Crippen molar-refractivity contribution in [3.8, 4) is 0 Å². The maximum Gasteiger partial charge on any atom is 0.222 e. The largest absolute Gasteiger partial charge is 0.375 e. The summed E-state index contributed by atoms with van der Waals surface area (Å²) >= 11 is 3.17. The molecular formula is C9H15BrN2O2. The lowest BCUT2D eigenvalue weighted by Gasteiger charge is -2.26. The van der Waals surface area contributed by atoms with Crippen LogP contribution in [0.3, 0.4) is 0 Å². The van der Waals surface area contributed by atoms with E-state index in [-0.39, 0.29) is 5.91 Å². The fraction of sp³-hybridized carbons (Fsp3) is 0.667. The molecule has 0 aromatic rings. The monoisotopic (exact) mass is 262 g/mol. The van der Waals surface area contributed by atoms with Gasteiger partial charge in [0, 0.05) is 30.5 Å². The number of hydrogen-bond acceptors (Lipinski definition) is 3. The van der Waals surface area contributed by atoms with E-state index >= 15 is 0 Å². The molecule has 5 heteroatoms.